The van der Waals surface area contributed by atoms with Crippen molar-refractivity contribution in [3.8, 4) is 5.75 Å². The number of hydrogen-bond donors (Lipinski definition) is 1. The van der Waals surface area contributed by atoms with E-state index in [-0.39, 0.29) is 5.91 Å². The second kappa shape index (κ2) is 10.1. The fraction of sp³-hybridized carbons (Fsp3) is 0.320. The van der Waals surface area contributed by atoms with Crippen LogP contribution in [-0.4, -0.2) is 46.2 Å². The lowest BCUT2D eigenvalue weighted by molar-refractivity contribution is -0.130. The fourth-order valence-electron chi connectivity index (χ4n) is 3.53. The van der Waals surface area contributed by atoms with Gasteiger partial charge in [0.1, 0.15) is 12.4 Å². The molecule has 4 aromatic rings. The Hall–Kier alpha value is -3.61. The molecule has 7 nitrogen and oxygen atoms in total. The number of H-pyrrole nitrogens is 1. The molecule has 0 aliphatic heterocycles. The molecule has 0 unspecified atom stereocenters. The molecular formula is C25H28N4O3. The van der Waals surface area contributed by atoms with Crippen molar-refractivity contribution in [1.29, 1.82) is 0 Å². The van der Waals surface area contributed by atoms with Gasteiger partial charge in [-0.2, -0.15) is 0 Å². The van der Waals surface area contributed by atoms with Crippen molar-refractivity contribution < 1.29 is 13.9 Å². The Labute approximate surface area is 187 Å². The molecule has 0 radical (unpaired) electrons. The molecule has 2 aromatic carbocycles. The van der Waals surface area contributed by atoms with Gasteiger partial charge in [0.05, 0.1) is 6.54 Å². The van der Waals surface area contributed by atoms with Crippen molar-refractivity contribution >= 4 is 16.8 Å². The summed E-state index contributed by atoms with van der Waals surface area (Å²) >= 11 is 0. The van der Waals surface area contributed by atoms with Crippen molar-refractivity contribution in [3.63, 3.8) is 0 Å². The summed E-state index contributed by atoms with van der Waals surface area (Å²) in [6, 6.07) is 16.1. The van der Waals surface area contributed by atoms with Crippen molar-refractivity contribution in [3.05, 3.63) is 77.6 Å². The Kier molecular flexibility index (Phi) is 6.84. The maximum Gasteiger partial charge on any atom is 0.222 e. The molecule has 0 atom stereocenters. The Morgan fingerprint density at radius 1 is 1.03 bits per heavy atom. The molecular weight excluding hydrogens is 404 g/mol. The number of aryl methyl sites for hydroxylation is 4. The number of ether oxygens (including phenoxy) is 1. The van der Waals surface area contributed by atoms with Crippen LogP contribution in [0.3, 0.4) is 0 Å². The number of likely N-dealkylation sites (N-methyl/N-ethyl adjacent to an activating group) is 1. The summed E-state index contributed by atoms with van der Waals surface area (Å²) in [4.78, 5) is 17.3. The molecule has 2 aromatic heterocycles. The van der Waals surface area contributed by atoms with Crippen LogP contribution in [0.25, 0.3) is 10.9 Å². The third kappa shape index (κ3) is 5.55. The summed E-state index contributed by atoms with van der Waals surface area (Å²) in [5, 5.41) is 9.45. The number of rotatable bonds is 10. The SMILES string of the molecule is Cc1ccc(OCCN(C)C(=O)CCc2nnc(CCc3c[nH]c4ccccc34)o2)cc1. The summed E-state index contributed by atoms with van der Waals surface area (Å²) < 4.78 is 11.4. The minimum absolute atomic E-state index is 0.0241. The van der Waals surface area contributed by atoms with Crippen LogP contribution in [0.2, 0.25) is 0 Å². The van der Waals surface area contributed by atoms with E-state index in [1.807, 2.05) is 49.5 Å². The average molecular weight is 433 g/mol. The summed E-state index contributed by atoms with van der Waals surface area (Å²) in [6.07, 6.45) is 4.26. The summed E-state index contributed by atoms with van der Waals surface area (Å²) in [7, 11) is 1.78. The van der Waals surface area contributed by atoms with E-state index in [2.05, 4.69) is 27.3 Å². The number of carbonyl (C=O) groups excluding carboxylic acids is 1. The zero-order valence-electron chi connectivity index (χ0n) is 18.5. The van der Waals surface area contributed by atoms with E-state index in [9.17, 15) is 4.79 Å². The lowest BCUT2D eigenvalue weighted by Crippen LogP contribution is -2.31. The molecule has 32 heavy (non-hydrogen) atoms. The summed E-state index contributed by atoms with van der Waals surface area (Å²) in [6.45, 7) is 3.00. The third-order valence-electron chi connectivity index (χ3n) is 5.49. The maximum absolute atomic E-state index is 12.4. The lowest BCUT2D eigenvalue weighted by Gasteiger charge is -2.17. The van der Waals surface area contributed by atoms with Gasteiger partial charge in [-0.05, 0) is 37.1 Å². The highest BCUT2D eigenvalue weighted by molar-refractivity contribution is 5.83. The highest BCUT2D eigenvalue weighted by atomic mass is 16.5. The number of hydrogen-bond acceptors (Lipinski definition) is 5. The predicted molar refractivity (Wildman–Crippen MR) is 123 cm³/mol. The lowest BCUT2D eigenvalue weighted by atomic mass is 10.1. The van der Waals surface area contributed by atoms with Crippen LogP contribution in [0.15, 0.2) is 59.1 Å². The highest BCUT2D eigenvalue weighted by Gasteiger charge is 2.13. The van der Waals surface area contributed by atoms with E-state index in [1.165, 1.54) is 16.5 Å². The van der Waals surface area contributed by atoms with E-state index in [0.717, 1.165) is 17.7 Å². The fourth-order valence-corrected chi connectivity index (χ4v) is 3.53. The normalized spacial score (nSPS) is 11.1. The molecule has 1 N–H and O–H groups in total. The second-order valence-electron chi connectivity index (χ2n) is 7.93. The van der Waals surface area contributed by atoms with Gasteiger partial charge >= 0.3 is 0 Å². The van der Waals surface area contributed by atoms with Gasteiger partial charge in [0.2, 0.25) is 17.7 Å². The van der Waals surface area contributed by atoms with Gasteiger partial charge in [0, 0.05) is 43.4 Å². The zero-order valence-corrected chi connectivity index (χ0v) is 18.5. The van der Waals surface area contributed by atoms with Crippen LogP contribution < -0.4 is 4.74 Å². The smallest absolute Gasteiger partial charge is 0.222 e. The first-order chi connectivity index (χ1) is 15.6. The van der Waals surface area contributed by atoms with Crippen LogP contribution in [0.5, 0.6) is 5.75 Å². The topological polar surface area (TPSA) is 84.2 Å². The quantitative estimate of drug-likeness (QED) is 0.408. The van der Waals surface area contributed by atoms with Crippen molar-refractivity contribution in [2.75, 3.05) is 20.2 Å². The highest BCUT2D eigenvalue weighted by Crippen LogP contribution is 2.19. The molecule has 0 spiro atoms. The molecule has 4 rings (SSSR count). The van der Waals surface area contributed by atoms with Crippen LogP contribution in [0, 0.1) is 6.92 Å². The summed E-state index contributed by atoms with van der Waals surface area (Å²) in [5.74, 6) is 1.92. The van der Waals surface area contributed by atoms with E-state index in [1.54, 1.807) is 11.9 Å². The maximum atomic E-state index is 12.4. The van der Waals surface area contributed by atoms with Crippen molar-refractivity contribution in [2.45, 2.75) is 32.6 Å². The van der Waals surface area contributed by atoms with Crippen LogP contribution in [-0.2, 0) is 24.1 Å². The van der Waals surface area contributed by atoms with Crippen molar-refractivity contribution in [2.24, 2.45) is 0 Å². The van der Waals surface area contributed by atoms with E-state index < -0.39 is 0 Å². The molecule has 0 bridgehead atoms. The first kappa shape index (κ1) is 21.6. The molecule has 0 aliphatic rings. The number of nitrogens with one attached hydrogen (secondary N) is 1. The molecule has 0 saturated carbocycles. The molecule has 2 heterocycles. The van der Waals surface area contributed by atoms with Crippen LogP contribution >= 0.6 is 0 Å². The number of carbonyl (C=O) groups is 1. The van der Waals surface area contributed by atoms with Crippen LogP contribution in [0.1, 0.15) is 29.3 Å². The molecule has 0 fully saturated rings. The molecule has 1 amide bonds. The number of amides is 1. The summed E-state index contributed by atoms with van der Waals surface area (Å²) in [5.41, 5.74) is 3.54. The Balaban J connectivity index is 1.19. The first-order valence-electron chi connectivity index (χ1n) is 10.9. The predicted octanol–water partition coefficient (Wildman–Crippen LogP) is 4.11. The van der Waals surface area contributed by atoms with Gasteiger partial charge in [-0.15, -0.1) is 10.2 Å². The Morgan fingerprint density at radius 3 is 2.59 bits per heavy atom. The monoisotopic (exact) mass is 432 g/mol. The number of fused-ring (bicyclic) bond motifs is 1. The van der Waals surface area contributed by atoms with E-state index in [0.29, 0.717) is 44.2 Å². The number of aromatic nitrogens is 3. The van der Waals surface area contributed by atoms with Gasteiger partial charge in [0.25, 0.3) is 0 Å². The number of para-hydroxylation sites is 1. The van der Waals surface area contributed by atoms with Crippen molar-refractivity contribution in [1.82, 2.24) is 20.1 Å². The molecule has 0 saturated heterocycles. The zero-order chi connectivity index (χ0) is 22.3. The molecule has 7 heteroatoms. The number of benzene rings is 2. The Morgan fingerprint density at radius 2 is 1.78 bits per heavy atom. The standard InChI is InChI=1S/C25H28N4O3/c1-18-7-10-20(11-8-18)31-16-15-29(2)25(30)14-13-24-28-27-23(32-24)12-9-19-17-26-22-6-4-3-5-21(19)22/h3-8,10-11,17,26H,9,12-16H2,1-2H3. The minimum atomic E-state index is 0.0241. The van der Waals surface area contributed by atoms with Gasteiger partial charge in [-0.25, -0.2) is 0 Å². The van der Waals surface area contributed by atoms with Gasteiger partial charge < -0.3 is 19.0 Å². The largest absolute Gasteiger partial charge is 0.492 e. The van der Waals surface area contributed by atoms with Crippen LogP contribution in [0.4, 0.5) is 0 Å². The third-order valence-corrected chi connectivity index (χ3v) is 5.49. The van der Waals surface area contributed by atoms with E-state index in [4.69, 9.17) is 9.15 Å². The number of nitrogens with zero attached hydrogens (tertiary/aromatic N) is 3. The number of aromatic amines is 1. The van der Waals surface area contributed by atoms with Gasteiger partial charge in [0.15, 0.2) is 0 Å². The van der Waals surface area contributed by atoms with E-state index >= 15 is 0 Å². The second-order valence-corrected chi connectivity index (χ2v) is 7.93. The van der Waals surface area contributed by atoms with Gasteiger partial charge in [-0.3, -0.25) is 4.79 Å². The average Bonchev–Trinajstić information content (AvgIpc) is 3.44. The Bertz CT molecular complexity index is 1160. The molecule has 166 valence electrons. The first-order valence-corrected chi connectivity index (χ1v) is 10.9. The van der Waals surface area contributed by atoms with Gasteiger partial charge in [-0.1, -0.05) is 35.9 Å². The minimum Gasteiger partial charge on any atom is -0.492 e. The molecule has 0 aliphatic carbocycles.